The first-order valence-corrected chi connectivity index (χ1v) is 6.07. The highest BCUT2D eigenvalue weighted by molar-refractivity contribution is 5.96. The molecule has 19 heavy (non-hydrogen) atoms. The SMILES string of the molecule is CCNc1nccc(C(=O)NC2CNC(=O)C2)c1F. The van der Waals surface area contributed by atoms with Gasteiger partial charge in [-0.05, 0) is 13.0 Å². The summed E-state index contributed by atoms with van der Waals surface area (Å²) in [5.41, 5.74) is -0.0784. The van der Waals surface area contributed by atoms with E-state index in [1.165, 1.54) is 12.3 Å². The van der Waals surface area contributed by atoms with Crippen LogP contribution in [0.3, 0.4) is 0 Å². The van der Waals surface area contributed by atoms with Crippen molar-refractivity contribution in [3.8, 4) is 0 Å². The van der Waals surface area contributed by atoms with Crippen molar-refractivity contribution in [3.63, 3.8) is 0 Å². The molecule has 0 bridgehead atoms. The van der Waals surface area contributed by atoms with E-state index in [1.807, 2.05) is 6.92 Å². The molecule has 0 aromatic carbocycles. The first kappa shape index (κ1) is 13.3. The molecule has 2 amide bonds. The molecular weight excluding hydrogens is 251 g/mol. The van der Waals surface area contributed by atoms with Crippen LogP contribution in [0.15, 0.2) is 12.3 Å². The standard InChI is InChI=1S/C12H15FN4O2/c1-2-14-11-10(13)8(3-4-15-11)12(19)17-7-5-9(18)16-6-7/h3-4,7H,2,5-6H2,1H3,(H,14,15)(H,16,18)(H,17,19). The van der Waals surface area contributed by atoms with Crippen LogP contribution in [0, 0.1) is 5.82 Å². The second-order valence-electron chi connectivity index (χ2n) is 4.23. The summed E-state index contributed by atoms with van der Waals surface area (Å²) in [7, 11) is 0. The maximum Gasteiger partial charge on any atom is 0.254 e. The van der Waals surface area contributed by atoms with Crippen molar-refractivity contribution in [3.05, 3.63) is 23.6 Å². The highest BCUT2D eigenvalue weighted by Gasteiger charge is 2.25. The Balaban J connectivity index is 2.10. The molecule has 2 heterocycles. The van der Waals surface area contributed by atoms with Gasteiger partial charge in [-0.25, -0.2) is 9.37 Å². The van der Waals surface area contributed by atoms with Crippen molar-refractivity contribution in [2.75, 3.05) is 18.4 Å². The molecule has 0 radical (unpaired) electrons. The van der Waals surface area contributed by atoms with Gasteiger partial charge in [0.05, 0.1) is 11.6 Å². The lowest BCUT2D eigenvalue weighted by atomic mass is 10.2. The Hall–Kier alpha value is -2.18. The topological polar surface area (TPSA) is 83.1 Å². The number of aromatic nitrogens is 1. The molecule has 7 heteroatoms. The lowest BCUT2D eigenvalue weighted by Gasteiger charge is -2.12. The maximum atomic E-state index is 14.0. The average molecular weight is 266 g/mol. The molecule has 0 saturated carbocycles. The third kappa shape index (κ3) is 2.98. The van der Waals surface area contributed by atoms with Crippen molar-refractivity contribution >= 4 is 17.6 Å². The number of hydrogen-bond donors (Lipinski definition) is 3. The van der Waals surface area contributed by atoms with Crippen LogP contribution in [0.5, 0.6) is 0 Å². The summed E-state index contributed by atoms with van der Waals surface area (Å²) in [6.45, 7) is 2.69. The van der Waals surface area contributed by atoms with E-state index < -0.39 is 11.7 Å². The number of amides is 2. The molecule has 3 N–H and O–H groups in total. The van der Waals surface area contributed by atoms with Gasteiger partial charge in [0.1, 0.15) is 0 Å². The van der Waals surface area contributed by atoms with Gasteiger partial charge < -0.3 is 16.0 Å². The van der Waals surface area contributed by atoms with Crippen LogP contribution in [0.25, 0.3) is 0 Å². The first-order valence-electron chi connectivity index (χ1n) is 6.07. The Bertz CT molecular complexity index is 507. The highest BCUT2D eigenvalue weighted by atomic mass is 19.1. The minimum absolute atomic E-state index is 0.0516. The molecule has 1 atom stereocenters. The Morgan fingerprint density at radius 3 is 3.05 bits per heavy atom. The minimum Gasteiger partial charge on any atom is -0.368 e. The number of carbonyl (C=O) groups excluding carboxylic acids is 2. The fourth-order valence-corrected chi connectivity index (χ4v) is 1.88. The van der Waals surface area contributed by atoms with Gasteiger partial charge in [0.2, 0.25) is 5.91 Å². The van der Waals surface area contributed by atoms with Crippen LogP contribution in [0.2, 0.25) is 0 Å². The van der Waals surface area contributed by atoms with Gasteiger partial charge in [0.25, 0.3) is 5.91 Å². The molecule has 1 aliphatic rings. The Morgan fingerprint density at radius 2 is 2.42 bits per heavy atom. The van der Waals surface area contributed by atoms with Crippen LogP contribution in [0.4, 0.5) is 10.2 Å². The second kappa shape index (κ2) is 5.64. The van der Waals surface area contributed by atoms with E-state index in [9.17, 15) is 14.0 Å². The molecule has 1 aromatic rings. The lowest BCUT2D eigenvalue weighted by Crippen LogP contribution is -2.36. The van der Waals surface area contributed by atoms with Crippen molar-refractivity contribution in [2.45, 2.75) is 19.4 Å². The van der Waals surface area contributed by atoms with Crippen molar-refractivity contribution < 1.29 is 14.0 Å². The lowest BCUT2D eigenvalue weighted by molar-refractivity contribution is -0.119. The zero-order chi connectivity index (χ0) is 13.8. The van der Waals surface area contributed by atoms with Crippen LogP contribution in [-0.4, -0.2) is 35.9 Å². The molecule has 1 aromatic heterocycles. The minimum atomic E-state index is -0.681. The van der Waals surface area contributed by atoms with Crippen molar-refractivity contribution in [1.82, 2.24) is 15.6 Å². The van der Waals surface area contributed by atoms with E-state index >= 15 is 0 Å². The summed E-state index contributed by atoms with van der Waals surface area (Å²) < 4.78 is 14.0. The van der Waals surface area contributed by atoms with Gasteiger partial charge in [-0.15, -0.1) is 0 Å². The van der Waals surface area contributed by atoms with Crippen LogP contribution in [0.1, 0.15) is 23.7 Å². The second-order valence-corrected chi connectivity index (χ2v) is 4.23. The molecule has 6 nitrogen and oxygen atoms in total. The number of anilines is 1. The van der Waals surface area contributed by atoms with Gasteiger partial charge in [-0.3, -0.25) is 9.59 Å². The average Bonchev–Trinajstić information content (AvgIpc) is 2.77. The normalized spacial score (nSPS) is 18.0. The molecule has 2 rings (SSSR count). The monoisotopic (exact) mass is 266 g/mol. The van der Waals surface area contributed by atoms with Crippen LogP contribution in [-0.2, 0) is 4.79 Å². The molecule has 0 aliphatic carbocycles. The highest BCUT2D eigenvalue weighted by Crippen LogP contribution is 2.15. The van der Waals surface area contributed by atoms with E-state index in [-0.39, 0.29) is 29.8 Å². The molecule has 1 aliphatic heterocycles. The Kier molecular flexibility index (Phi) is 3.94. The van der Waals surface area contributed by atoms with E-state index in [0.29, 0.717) is 13.1 Å². The third-order valence-electron chi connectivity index (χ3n) is 2.79. The molecule has 1 saturated heterocycles. The molecule has 0 spiro atoms. The number of hydrogen-bond acceptors (Lipinski definition) is 4. The van der Waals surface area contributed by atoms with Gasteiger partial charge in [-0.2, -0.15) is 0 Å². The summed E-state index contributed by atoms with van der Waals surface area (Å²) in [6.07, 6.45) is 1.59. The summed E-state index contributed by atoms with van der Waals surface area (Å²) in [5, 5.41) is 7.96. The largest absolute Gasteiger partial charge is 0.368 e. The zero-order valence-corrected chi connectivity index (χ0v) is 10.5. The van der Waals surface area contributed by atoms with Gasteiger partial charge in [0, 0.05) is 25.7 Å². The third-order valence-corrected chi connectivity index (χ3v) is 2.79. The van der Waals surface area contributed by atoms with E-state index in [1.54, 1.807) is 0 Å². The number of pyridine rings is 1. The summed E-state index contributed by atoms with van der Waals surface area (Å²) in [6, 6.07) is 1.02. The number of nitrogens with zero attached hydrogens (tertiary/aromatic N) is 1. The molecule has 102 valence electrons. The predicted octanol–water partition coefficient (Wildman–Crippen LogP) is 0.271. The maximum absolute atomic E-state index is 14.0. The molecule has 1 fully saturated rings. The first-order chi connectivity index (χ1) is 9.11. The Labute approximate surface area is 109 Å². The Morgan fingerprint density at radius 1 is 1.63 bits per heavy atom. The van der Waals surface area contributed by atoms with Crippen molar-refractivity contribution in [1.29, 1.82) is 0 Å². The van der Waals surface area contributed by atoms with Gasteiger partial charge in [0.15, 0.2) is 11.6 Å². The van der Waals surface area contributed by atoms with Crippen LogP contribution >= 0.6 is 0 Å². The summed E-state index contributed by atoms with van der Waals surface area (Å²) in [4.78, 5) is 26.8. The quantitative estimate of drug-likeness (QED) is 0.730. The van der Waals surface area contributed by atoms with Crippen molar-refractivity contribution in [2.24, 2.45) is 0 Å². The van der Waals surface area contributed by atoms with E-state index in [2.05, 4.69) is 20.9 Å². The van der Waals surface area contributed by atoms with Crippen LogP contribution < -0.4 is 16.0 Å². The predicted molar refractivity (Wildman–Crippen MR) is 67.2 cm³/mol. The smallest absolute Gasteiger partial charge is 0.254 e. The fourth-order valence-electron chi connectivity index (χ4n) is 1.88. The summed E-state index contributed by atoms with van der Waals surface area (Å²) in [5.74, 6) is -1.29. The van der Waals surface area contributed by atoms with E-state index in [0.717, 1.165) is 0 Å². The number of halogens is 1. The zero-order valence-electron chi connectivity index (χ0n) is 10.5. The number of rotatable bonds is 4. The van der Waals surface area contributed by atoms with E-state index in [4.69, 9.17) is 0 Å². The van der Waals surface area contributed by atoms with Gasteiger partial charge >= 0.3 is 0 Å². The molecule has 1 unspecified atom stereocenters. The number of nitrogens with one attached hydrogen (secondary N) is 3. The fraction of sp³-hybridized carbons (Fsp3) is 0.417. The van der Waals surface area contributed by atoms with Gasteiger partial charge in [-0.1, -0.05) is 0 Å². The molecular formula is C12H15FN4O2. The number of carbonyl (C=O) groups is 2. The summed E-state index contributed by atoms with van der Waals surface area (Å²) >= 11 is 0.